The molecule has 20 heavy (non-hydrogen) atoms. The molecule has 4 nitrogen and oxygen atoms in total. The summed E-state index contributed by atoms with van der Waals surface area (Å²) in [4.78, 5) is 16.6. The van der Waals surface area contributed by atoms with Gasteiger partial charge in [-0.1, -0.05) is 25.7 Å². The number of aromatic nitrogens is 3. The maximum atomic E-state index is 12.5. The van der Waals surface area contributed by atoms with Crippen molar-refractivity contribution >= 4 is 0 Å². The van der Waals surface area contributed by atoms with Crippen LogP contribution in [0, 0.1) is 6.92 Å². The third-order valence-electron chi connectivity index (χ3n) is 4.29. The molecule has 4 heteroatoms. The molecule has 0 aromatic carbocycles. The molecule has 1 fully saturated rings. The maximum Gasteiger partial charge on any atom is 0.270 e. The minimum Gasteiger partial charge on any atom is -0.294 e. The molecule has 3 rings (SSSR count). The lowest BCUT2D eigenvalue weighted by molar-refractivity contribution is 0.396. The number of pyridine rings is 1. The zero-order valence-electron chi connectivity index (χ0n) is 11.9. The Kier molecular flexibility index (Phi) is 3.72. The van der Waals surface area contributed by atoms with Gasteiger partial charge in [0.15, 0.2) is 0 Å². The fraction of sp³-hybridized carbons (Fsp3) is 0.500. The van der Waals surface area contributed by atoms with Crippen LogP contribution in [0.1, 0.15) is 50.1 Å². The fourth-order valence-electron chi connectivity index (χ4n) is 3.11. The molecule has 1 aliphatic rings. The summed E-state index contributed by atoms with van der Waals surface area (Å²) in [6, 6.07) is 4.22. The summed E-state index contributed by atoms with van der Waals surface area (Å²) in [6.45, 7) is 1.90. The van der Waals surface area contributed by atoms with E-state index < -0.39 is 0 Å². The average Bonchev–Trinajstić information content (AvgIpc) is 2.69. The number of nitrogens with zero attached hydrogens (tertiary/aromatic N) is 2. The van der Waals surface area contributed by atoms with E-state index in [1.807, 2.05) is 23.7 Å². The summed E-state index contributed by atoms with van der Waals surface area (Å²) >= 11 is 0. The first-order valence-corrected chi connectivity index (χ1v) is 7.49. The van der Waals surface area contributed by atoms with E-state index in [-0.39, 0.29) is 5.56 Å². The van der Waals surface area contributed by atoms with E-state index in [1.165, 1.54) is 25.7 Å². The van der Waals surface area contributed by atoms with E-state index in [4.69, 9.17) is 0 Å². The van der Waals surface area contributed by atoms with Gasteiger partial charge in [0.05, 0.1) is 11.7 Å². The molecule has 0 unspecified atom stereocenters. The molecule has 0 radical (unpaired) electrons. The van der Waals surface area contributed by atoms with Crippen LogP contribution in [-0.2, 0) is 0 Å². The van der Waals surface area contributed by atoms with E-state index in [0.29, 0.717) is 6.04 Å². The fourth-order valence-corrected chi connectivity index (χ4v) is 3.11. The lowest BCUT2D eigenvalue weighted by Gasteiger charge is -2.14. The second-order valence-electron chi connectivity index (χ2n) is 5.67. The van der Waals surface area contributed by atoms with Crippen molar-refractivity contribution in [3.8, 4) is 11.3 Å². The molecule has 0 atom stereocenters. The van der Waals surface area contributed by atoms with E-state index in [0.717, 1.165) is 29.7 Å². The highest BCUT2D eigenvalue weighted by Crippen LogP contribution is 2.27. The van der Waals surface area contributed by atoms with Gasteiger partial charge in [-0.05, 0) is 31.9 Å². The smallest absolute Gasteiger partial charge is 0.270 e. The molecular weight excluding hydrogens is 250 g/mol. The molecule has 106 valence electrons. The van der Waals surface area contributed by atoms with E-state index in [2.05, 4.69) is 10.1 Å². The molecule has 0 amide bonds. The molecule has 0 bridgehead atoms. The van der Waals surface area contributed by atoms with Gasteiger partial charge in [0.1, 0.15) is 0 Å². The topological polar surface area (TPSA) is 50.7 Å². The Morgan fingerprint density at radius 1 is 1.25 bits per heavy atom. The Hall–Kier alpha value is -1.84. The second-order valence-corrected chi connectivity index (χ2v) is 5.67. The summed E-state index contributed by atoms with van der Waals surface area (Å²) in [5.41, 5.74) is 2.81. The Morgan fingerprint density at radius 3 is 2.65 bits per heavy atom. The normalized spacial score (nSPS) is 17.1. The van der Waals surface area contributed by atoms with Crippen LogP contribution in [0.25, 0.3) is 11.3 Å². The number of hydrogen-bond acceptors (Lipinski definition) is 2. The van der Waals surface area contributed by atoms with Gasteiger partial charge in [0.25, 0.3) is 5.56 Å². The molecule has 2 heterocycles. The second kappa shape index (κ2) is 5.65. The zero-order chi connectivity index (χ0) is 13.9. The van der Waals surface area contributed by atoms with Gasteiger partial charge in [-0.2, -0.15) is 0 Å². The van der Waals surface area contributed by atoms with E-state index in [9.17, 15) is 4.79 Å². The van der Waals surface area contributed by atoms with E-state index >= 15 is 0 Å². The monoisotopic (exact) mass is 271 g/mol. The maximum absolute atomic E-state index is 12.5. The minimum atomic E-state index is 0.121. The van der Waals surface area contributed by atoms with Crippen molar-refractivity contribution in [1.82, 2.24) is 14.8 Å². The highest BCUT2D eigenvalue weighted by molar-refractivity contribution is 5.60. The van der Waals surface area contributed by atoms with Crippen LogP contribution < -0.4 is 5.56 Å². The van der Waals surface area contributed by atoms with Crippen molar-refractivity contribution in [1.29, 1.82) is 0 Å². The van der Waals surface area contributed by atoms with Crippen molar-refractivity contribution in [2.75, 3.05) is 0 Å². The largest absolute Gasteiger partial charge is 0.294 e. The molecule has 1 N–H and O–H groups in total. The molecule has 0 aliphatic heterocycles. The van der Waals surface area contributed by atoms with Gasteiger partial charge in [0, 0.05) is 23.5 Å². The first-order chi connectivity index (χ1) is 9.77. The third-order valence-corrected chi connectivity index (χ3v) is 4.29. The van der Waals surface area contributed by atoms with Crippen molar-refractivity contribution in [2.24, 2.45) is 0 Å². The zero-order valence-corrected chi connectivity index (χ0v) is 11.9. The molecule has 2 aromatic heterocycles. The summed E-state index contributed by atoms with van der Waals surface area (Å²) < 4.78 is 1.85. The quantitative estimate of drug-likeness (QED) is 0.851. The van der Waals surface area contributed by atoms with Gasteiger partial charge in [-0.15, -0.1) is 0 Å². The van der Waals surface area contributed by atoms with Crippen molar-refractivity contribution in [2.45, 2.75) is 51.5 Å². The highest BCUT2D eigenvalue weighted by atomic mass is 16.1. The van der Waals surface area contributed by atoms with Gasteiger partial charge in [-0.3, -0.25) is 14.9 Å². The van der Waals surface area contributed by atoms with Crippen molar-refractivity contribution in [3.63, 3.8) is 0 Å². The molecule has 0 saturated heterocycles. The summed E-state index contributed by atoms with van der Waals surface area (Å²) in [5.74, 6) is 0. The lowest BCUT2D eigenvalue weighted by atomic mass is 10.1. The van der Waals surface area contributed by atoms with Gasteiger partial charge in [-0.25, -0.2) is 4.68 Å². The van der Waals surface area contributed by atoms with Gasteiger partial charge in [0.2, 0.25) is 0 Å². The standard InChI is InChI=1S/C16H21N3O/c1-12-15(13-7-6-10-17-11-13)18-19(16(12)20)14-8-4-2-3-5-9-14/h6-7,10-11,14,18H,2-5,8-9H2,1H3. The highest BCUT2D eigenvalue weighted by Gasteiger charge is 2.20. The van der Waals surface area contributed by atoms with Crippen LogP contribution in [0.4, 0.5) is 0 Å². The predicted molar refractivity (Wildman–Crippen MR) is 79.8 cm³/mol. The van der Waals surface area contributed by atoms with Gasteiger partial charge >= 0.3 is 0 Å². The Morgan fingerprint density at radius 2 is 2.00 bits per heavy atom. The Labute approximate surface area is 118 Å². The lowest BCUT2D eigenvalue weighted by Crippen LogP contribution is -2.23. The summed E-state index contributed by atoms with van der Waals surface area (Å²) in [6.07, 6.45) is 10.8. The van der Waals surface area contributed by atoms with E-state index in [1.54, 1.807) is 12.4 Å². The Bertz CT molecular complexity index is 619. The predicted octanol–water partition coefficient (Wildman–Crippen LogP) is 3.44. The summed E-state index contributed by atoms with van der Waals surface area (Å²) in [5, 5.41) is 3.33. The third kappa shape index (κ3) is 2.42. The molecule has 0 spiro atoms. The number of rotatable bonds is 2. The molecular formula is C16H21N3O. The average molecular weight is 271 g/mol. The SMILES string of the molecule is Cc1c(-c2cccnc2)[nH]n(C2CCCCCC2)c1=O. The van der Waals surface area contributed by atoms with Crippen LogP contribution in [0.15, 0.2) is 29.3 Å². The van der Waals surface area contributed by atoms with Crippen molar-refractivity contribution in [3.05, 3.63) is 40.4 Å². The minimum absolute atomic E-state index is 0.121. The number of H-pyrrole nitrogens is 1. The van der Waals surface area contributed by atoms with Crippen LogP contribution in [-0.4, -0.2) is 14.8 Å². The number of aromatic amines is 1. The van der Waals surface area contributed by atoms with Crippen molar-refractivity contribution < 1.29 is 0 Å². The van der Waals surface area contributed by atoms with Crippen LogP contribution in [0.5, 0.6) is 0 Å². The Balaban J connectivity index is 1.99. The number of nitrogens with one attached hydrogen (secondary N) is 1. The van der Waals surface area contributed by atoms with Crippen LogP contribution in [0.2, 0.25) is 0 Å². The molecule has 2 aromatic rings. The summed E-state index contributed by atoms with van der Waals surface area (Å²) in [7, 11) is 0. The molecule has 1 saturated carbocycles. The van der Waals surface area contributed by atoms with Gasteiger partial charge < -0.3 is 0 Å². The first kappa shape index (κ1) is 13.2. The van der Waals surface area contributed by atoms with Crippen LogP contribution >= 0.6 is 0 Å². The first-order valence-electron chi connectivity index (χ1n) is 7.49. The van der Waals surface area contributed by atoms with Crippen LogP contribution in [0.3, 0.4) is 0 Å². The number of hydrogen-bond donors (Lipinski definition) is 1. The molecule has 1 aliphatic carbocycles.